The average molecular weight is 441 g/mol. The van der Waals surface area contributed by atoms with Crippen LogP contribution in [0.25, 0.3) is 6.08 Å². The van der Waals surface area contributed by atoms with Gasteiger partial charge in [0.2, 0.25) is 11.8 Å². The van der Waals surface area contributed by atoms with E-state index >= 15 is 0 Å². The fourth-order valence-corrected chi connectivity index (χ4v) is 4.44. The number of aromatic nitrogens is 3. The molecule has 0 radical (unpaired) electrons. The van der Waals surface area contributed by atoms with Crippen LogP contribution in [0, 0.1) is 36.5 Å². The van der Waals surface area contributed by atoms with Crippen LogP contribution in [0.2, 0.25) is 0 Å². The second-order valence-electron chi connectivity index (χ2n) is 7.30. The first-order chi connectivity index (χ1) is 15.6. The van der Waals surface area contributed by atoms with Crippen molar-refractivity contribution in [3.05, 3.63) is 70.0 Å². The van der Waals surface area contributed by atoms with Crippen LogP contribution < -0.4 is 10.1 Å². The first kappa shape index (κ1) is 21.4. The largest absolute Gasteiger partial charge is 0.438 e. The van der Waals surface area contributed by atoms with E-state index in [1.54, 1.807) is 18.2 Å². The molecule has 0 spiro atoms. The van der Waals surface area contributed by atoms with Gasteiger partial charge in [0.1, 0.15) is 17.6 Å². The van der Waals surface area contributed by atoms with Crippen molar-refractivity contribution in [3.63, 3.8) is 0 Å². The van der Waals surface area contributed by atoms with Crippen molar-refractivity contribution in [2.75, 3.05) is 11.1 Å². The molecule has 0 saturated carbocycles. The molecule has 0 fully saturated rings. The Balaban J connectivity index is 1.69. The maximum absolute atomic E-state index is 8.96. The van der Waals surface area contributed by atoms with Crippen molar-refractivity contribution in [1.82, 2.24) is 15.0 Å². The Morgan fingerprint density at radius 1 is 1.16 bits per heavy atom. The highest BCUT2D eigenvalue weighted by molar-refractivity contribution is 7.98. The van der Waals surface area contributed by atoms with Crippen molar-refractivity contribution in [2.24, 2.45) is 0 Å². The summed E-state index contributed by atoms with van der Waals surface area (Å²) in [6, 6.07) is 11.5. The molecule has 3 heterocycles. The van der Waals surface area contributed by atoms with E-state index in [4.69, 9.17) is 15.3 Å². The number of nitrogens with zero attached hydrogens (tertiary/aromatic N) is 5. The van der Waals surface area contributed by atoms with Crippen LogP contribution in [-0.4, -0.2) is 20.7 Å². The molecule has 158 valence electrons. The SMILES string of the molecule is Cc1cc(/C=C/C#N)cc(C)c1Oc1nc(Nc2ccc(C#N)cn2)nc2c1CSCC2. The Labute approximate surface area is 190 Å². The Morgan fingerprint density at radius 3 is 2.66 bits per heavy atom. The van der Waals surface area contributed by atoms with Gasteiger partial charge in [-0.25, -0.2) is 9.97 Å². The van der Waals surface area contributed by atoms with Crippen LogP contribution in [0.1, 0.15) is 33.5 Å². The summed E-state index contributed by atoms with van der Waals surface area (Å²) in [7, 11) is 0. The van der Waals surface area contributed by atoms with Gasteiger partial charge in [0.25, 0.3) is 0 Å². The zero-order valence-corrected chi connectivity index (χ0v) is 18.5. The normalized spacial score (nSPS) is 12.6. The molecule has 1 aliphatic rings. The molecule has 32 heavy (non-hydrogen) atoms. The summed E-state index contributed by atoms with van der Waals surface area (Å²) in [6.45, 7) is 3.96. The van der Waals surface area contributed by atoms with Gasteiger partial charge < -0.3 is 10.1 Å². The maximum atomic E-state index is 8.96. The van der Waals surface area contributed by atoms with E-state index in [0.717, 1.165) is 51.6 Å². The first-order valence-corrected chi connectivity index (χ1v) is 11.2. The highest BCUT2D eigenvalue weighted by Gasteiger charge is 2.21. The lowest BCUT2D eigenvalue weighted by molar-refractivity contribution is 0.449. The fourth-order valence-electron chi connectivity index (χ4n) is 3.46. The molecule has 0 atom stereocenters. The number of hydrogen-bond acceptors (Lipinski definition) is 8. The topological polar surface area (TPSA) is 108 Å². The number of anilines is 2. The molecule has 4 rings (SSSR count). The Morgan fingerprint density at radius 2 is 1.97 bits per heavy atom. The van der Waals surface area contributed by atoms with Gasteiger partial charge in [-0.05, 0) is 73.1 Å². The van der Waals surface area contributed by atoms with E-state index in [9.17, 15) is 0 Å². The fraction of sp³-hybridized carbons (Fsp3) is 0.208. The minimum atomic E-state index is 0.409. The number of pyridine rings is 1. The van der Waals surface area contributed by atoms with Crippen molar-refractivity contribution in [3.8, 4) is 23.8 Å². The van der Waals surface area contributed by atoms with E-state index in [2.05, 4.69) is 26.3 Å². The van der Waals surface area contributed by atoms with Crippen LogP contribution in [0.15, 0.2) is 36.5 Å². The summed E-state index contributed by atoms with van der Waals surface area (Å²) in [6.07, 6.45) is 5.58. The Bertz CT molecular complexity index is 1250. The van der Waals surface area contributed by atoms with Crippen LogP contribution >= 0.6 is 11.8 Å². The van der Waals surface area contributed by atoms with E-state index in [1.165, 1.54) is 12.3 Å². The second-order valence-corrected chi connectivity index (χ2v) is 8.40. The number of thioether (sulfide) groups is 1. The van der Waals surface area contributed by atoms with E-state index in [1.807, 2.05) is 43.8 Å². The number of nitriles is 2. The summed E-state index contributed by atoms with van der Waals surface area (Å²) in [5.74, 6) is 4.03. The number of nitrogens with one attached hydrogen (secondary N) is 1. The zero-order chi connectivity index (χ0) is 22.5. The zero-order valence-electron chi connectivity index (χ0n) is 17.7. The van der Waals surface area contributed by atoms with Gasteiger partial charge in [0, 0.05) is 23.6 Å². The molecule has 7 nitrogen and oxygen atoms in total. The summed E-state index contributed by atoms with van der Waals surface area (Å²) in [4.78, 5) is 13.6. The minimum Gasteiger partial charge on any atom is -0.438 e. The number of benzene rings is 1. The standard InChI is InChI=1S/C24H20N6OS/c1-15-10-17(4-3-8-25)11-16(2)22(15)31-23-19-14-32-9-7-20(19)28-24(30-23)29-21-6-5-18(12-26)13-27-21/h3-6,10-11,13H,7,9,14H2,1-2H3,(H,27,28,29,30)/b4-3+. The van der Waals surface area contributed by atoms with Crippen LogP contribution in [0.5, 0.6) is 11.6 Å². The minimum absolute atomic E-state index is 0.409. The van der Waals surface area contributed by atoms with E-state index < -0.39 is 0 Å². The van der Waals surface area contributed by atoms with Crippen LogP contribution in [0.4, 0.5) is 11.8 Å². The lowest BCUT2D eigenvalue weighted by Gasteiger charge is -2.20. The average Bonchev–Trinajstić information content (AvgIpc) is 2.80. The number of ether oxygens (including phenoxy) is 1. The molecule has 0 aliphatic carbocycles. The lowest BCUT2D eigenvalue weighted by Crippen LogP contribution is -2.12. The van der Waals surface area contributed by atoms with Gasteiger partial charge in [0.05, 0.1) is 17.3 Å². The third-order valence-corrected chi connectivity index (χ3v) is 5.93. The second kappa shape index (κ2) is 9.51. The molecule has 1 N–H and O–H groups in total. The van der Waals surface area contributed by atoms with E-state index in [0.29, 0.717) is 23.2 Å². The molecule has 1 aromatic carbocycles. The summed E-state index contributed by atoms with van der Waals surface area (Å²) < 4.78 is 6.36. The van der Waals surface area contributed by atoms with Crippen molar-refractivity contribution in [1.29, 1.82) is 10.5 Å². The van der Waals surface area contributed by atoms with Crippen molar-refractivity contribution < 1.29 is 4.74 Å². The number of aryl methyl sites for hydroxylation is 3. The molecule has 1 aliphatic heterocycles. The van der Waals surface area contributed by atoms with E-state index in [-0.39, 0.29) is 0 Å². The van der Waals surface area contributed by atoms with Crippen molar-refractivity contribution >= 4 is 29.6 Å². The quantitative estimate of drug-likeness (QED) is 0.538. The smallest absolute Gasteiger partial charge is 0.231 e. The Hall–Kier alpha value is -3.88. The summed E-state index contributed by atoms with van der Waals surface area (Å²) in [5.41, 5.74) is 5.33. The van der Waals surface area contributed by atoms with Gasteiger partial charge in [-0.2, -0.15) is 27.3 Å². The summed E-state index contributed by atoms with van der Waals surface area (Å²) in [5, 5.41) is 20.9. The van der Waals surface area contributed by atoms with Crippen molar-refractivity contribution in [2.45, 2.75) is 26.0 Å². The molecule has 8 heteroatoms. The number of hydrogen-bond donors (Lipinski definition) is 1. The number of fused-ring (bicyclic) bond motifs is 1. The third-order valence-electron chi connectivity index (χ3n) is 4.95. The van der Waals surface area contributed by atoms with Crippen LogP contribution in [0.3, 0.4) is 0 Å². The monoisotopic (exact) mass is 440 g/mol. The molecule has 3 aromatic rings. The van der Waals surface area contributed by atoms with Crippen LogP contribution in [-0.2, 0) is 12.2 Å². The van der Waals surface area contributed by atoms with Gasteiger partial charge in [0.15, 0.2) is 0 Å². The predicted octanol–water partition coefficient (Wildman–Crippen LogP) is 5.22. The number of allylic oxidation sites excluding steroid dienone is 1. The molecule has 2 aromatic heterocycles. The molecule has 0 amide bonds. The first-order valence-electron chi connectivity index (χ1n) is 10.0. The lowest BCUT2D eigenvalue weighted by atomic mass is 10.1. The van der Waals surface area contributed by atoms with Gasteiger partial charge >= 0.3 is 0 Å². The highest BCUT2D eigenvalue weighted by atomic mass is 32.2. The number of rotatable bonds is 5. The molecule has 0 bridgehead atoms. The highest BCUT2D eigenvalue weighted by Crippen LogP contribution is 2.36. The third kappa shape index (κ3) is 4.72. The molecule has 0 saturated heterocycles. The van der Waals surface area contributed by atoms with Gasteiger partial charge in [-0.15, -0.1) is 0 Å². The van der Waals surface area contributed by atoms with Gasteiger partial charge in [-0.1, -0.05) is 0 Å². The van der Waals surface area contributed by atoms with Gasteiger partial charge in [-0.3, -0.25) is 0 Å². The maximum Gasteiger partial charge on any atom is 0.231 e. The predicted molar refractivity (Wildman–Crippen MR) is 125 cm³/mol. The molecular weight excluding hydrogens is 420 g/mol. The molecule has 0 unspecified atom stereocenters. The summed E-state index contributed by atoms with van der Waals surface area (Å²) >= 11 is 1.83. The molecular formula is C24H20N6OS. The Kier molecular flexibility index (Phi) is 6.34.